The number of guanidine groups is 1. The van der Waals surface area contributed by atoms with Gasteiger partial charge in [0.2, 0.25) is 0 Å². The van der Waals surface area contributed by atoms with E-state index in [2.05, 4.69) is 4.99 Å². The summed E-state index contributed by atoms with van der Waals surface area (Å²) in [5.41, 5.74) is 10.7. The maximum atomic E-state index is 13.4. The molecule has 0 fully saturated rings. The van der Waals surface area contributed by atoms with Crippen LogP contribution in [0.1, 0.15) is 5.56 Å². The standard InChI is InChI=1S/C9H12FN3O/c1-14-7-4-2-3-6(8(7)10)5-13-9(11)12/h2-4H,5H2,1H3,(H4,11,12,13). The second-order valence-corrected chi connectivity index (χ2v) is 2.67. The van der Waals surface area contributed by atoms with Gasteiger partial charge in [0.1, 0.15) is 0 Å². The van der Waals surface area contributed by atoms with E-state index in [4.69, 9.17) is 16.2 Å². The summed E-state index contributed by atoms with van der Waals surface area (Å²) >= 11 is 0. The molecule has 0 amide bonds. The summed E-state index contributed by atoms with van der Waals surface area (Å²) in [4.78, 5) is 3.71. The molecule has 0 atom stereocenters. The monoisotopic (exact) mass is 197 g/mol. The fourth-order valence-electron chi connectivity index (χ4n) is 1.01. The highest BCUT2D eigenvalue weighted by Gasteiger charge is 2.06. The van der Waals surface area contributed by atoms with E-state index in [1.807, 2.05) is 0 Å². The van der Waals surface area contributed by atoms with Crippen molar-refractivity contribution in [2.45, 2.75) is 6.54 Å². The minimum atomic E-state index is -0.431. The van der Waals surface area contributed by atoms with E-state index in [0.29, 0.717) is 5.56 Å². The SMILES string of the molecule is COc1cccc(CN=C(N)N)c1F. The van der Waals surface area contributed by atoms with Gasteiger partial charge in [-0.05, 0) is 6.07 Å². The van der Waals surface area contributed by atoms with Crippen LogP contribution in [-0.2, 0) is 6.54 Å². The highest BCUT2D eigenvalue weighted by Crippen LogP contribution is 2.20. The summed E-state index contributed by atoms with van der Waals surface area (Å²) in [6, 6.07) is 4.82. The molecule has 5 heteroatoms. The van der Waals surface area contributed by atoms with Crippen molar-refractivity contribution >= 4 is 5.96 Å². The van der Waals surface area contributed by atoms with Gasteiger partial charge in [0.25, 0.3) is 0 Å². The van der Waals surface area contributed by atoms with Crippen molar-refractivity contribution in [3.05, 3.63) is 29.6 Å². The average molecular weight is 197 g/mol. The van der Waals surface area contributed by atoms with Crippen LogP contribution in [0.2, 0.25) is 0 Å². The van der Waals surface area contributed by atoms with Gasteiger partial charge in [0.05, 0.1) is 13.7 Å². The molecular weight excluding hydrogens is 185 g/mol. The molecule has 0 unspecified atom stereocenters. The van der Waals surface area contributed by atoms with E-state index >= 15 is 0 Å². The fraction of sp³-hybridized carbons (Fsp3) is 0.222. The minimum Gasteiger partial charge on any atom is -0.494 e. The molecule has 4 N–H and O–H groups in total. The Labute approximate surface area is 81.4 Å². The Kier molecular flexibility index (Phi) is 3.28. The topological polar surface area (TPSA) is 73.6 Å². The molecule has 1 aromatic rings. The first kappa shape index (κ1) is 10.3. The molecule has 1 rings (SSSR count). The Hall–Kier alpha value is -1.78. The number of rotatable bonds is 3. The van der Waals surface area contributed by atoms with Crippen molar-refractivity contribution in [3.8, 4) is 5.75 Å². The molecule has 1 aromatic carbocycles. The van der Waals surface area contributed by atoms with Crippen LogP contribution in [0.4, 0.5) is 4.39 Å². The van der Waals surface area contributed by atoms with Crippen molar-refractivity contribution in [1.82, 2.24) is 0 Å². The lowest BCUT2D eigenvalue weighted by molar-refractivity contribution is 0.384. The third-order valence-electron chi connectivity index (χ3n) is 1.70. The molecular formula is C9H12FN3O. The molecule has 0 spiro atoms. The van der Waals surface area contributed by atoms with Crippen molar-refractivity contribution in [2.75, 3.05) is 7.11 Å². The second-order valence-electron chi connectivity index (χ2n) is 2.67. The van der Waals surface area contributed by atoms with Crippen LogP contribution in [0.3, 0.4) is 0 Å². The molecule has 0 aliphatic rings. The van der Waals surface area contributed by atoms with Crippen LogP contribution in [-0.4, -0.2) is 13.1 Å². The lowest BCUT2D eigenvalue weighted by Gasteiger charge is -2.04. The van der Waals surface area contributed by atoms with Gasteiger partial charge < -0.3 is 16.2 Å². The number of ether oxygens (including phenoxy) is 1. The number of hydrogen-bond donors (Lipinski definition) is 2. The summed E-state index contributed by atoms with van der Waals surface area (Å²) in [7, 11) is 1.41. The third-order valence-corrected chi connectivity index (χ3v) is 1.70. The Bertz CT molecular complexity index is 348. The van der Waals surface area contributed by atoms with Crippen molar-refractivity contribution in [1.29, 1.82) is 0 Å². The van der Waals surface area contributed by atoms with Crippen molar-refractivity contribution in [3.63, 3.8) is 0 Å². The van der Waals surface area contributed by atoms with Gasteiger partial charge in [-0.15, -0.1) is 0 Å². The van der Waals surface area contributed by atoms with Gasteiger partial charge in [-0.2, -0.15) is 0 Å². The van der Waals surface area contributed by atoms with Crippen LogP contribution in [0.5, 0.6) is 5.75 Å². The van der Waals surface area contributed by atoms with Crippen LogP contribution < -0.4 is 16.2 Å². The summed E-state index contributed by atoms with van der Waals surface area (Å²) in [6.45, 7) is 0.116. The summed E-state index contributed by atoms with van der Waals surface area (Å²) in [5, 5.41) is 0. The third kappa shape index (κ3) is 2.35. The van der Waals surface area contributed by atoms with E-state index in [9.17, 15) is 4.39 Å². The molecule has 0 aliphatic carbocycles. The quantitative estimate of drug-likeness (QED) is 0.550. The number of benzene rings is 1. The Balaban J connectivity index is 2.92. The first-order chi connectivity index (χ1) is 6.65. The molecule has 0 bridgehead atoms. The predicted molar refractivity (Wildman–Crippen MR) is 52.5 cm³/mol. The average Bonchev–Trinajstić information content (AvgIpc) is 2.16. The molecule has 0 saturated heterocycles. The zero-order valence-electron chi connectivity index (χ0n) is 7.83. The Morgan fingerprint density at radius 1 is 1.50 bits per heavy atom. The van der Waals surface area contributed by atoms with Gasteiger partial charge in [0.15, 0.2) is 17.5 Å². The van der Waals surface area contributed by atoms with E-state index < -0.39 is 5.82 Å². The second kappa shape index (κ2) is 4.45. The van der Waals surface area contributed by atoms with Gasteiger partial charge in [-0.3, -0.25) is 0 Å². The molecule has 0 saturated carbocycles. The van der Waals surface area contributed by atoms with Gasteiger partial charge in [-0.25, -0.2) is 9.38 Å². The van der Waals surface area contributed by atoms with Gasteiger partial charge in [0, 0.05) is 5.56 Å². The van der Waals surface area contributed by atoms with Gasteiger partial charge >= 0.3 is 0 Å². The highest BCUT2D eigenvalue weighted by atomic mass is 19.1. The molecule has 14 heavy (non-hydrogen) atoms. The summed E-state index contributed by atoms with van der Waals surface area (Å²) in [5.74, 6) is -0.305. The molecule has 4 nitrogen and oxygen atoms in total. The van der Waals surface area contributed by atoms with E-state index in [1.54, 1.807) is 12.1 Å². The maximum absolute atomic E-state index is 13.4. The molecule has 76 valence electrons. The first-order valence-electron chi connectivity index (χ1n) is 4.02. The van der Waals surface area contributed by atoms with E-state index in [-0.39, 0.29) is 18.3 Å². The summed E-state index contributed by atoms with van der Waals surface area (Å²) < 4.78 is 18.3. The van der Waals surface area contributed by atoms with E-state index in [1.165, 1.54) is 13.2 Å². The predicted octanol–water partition coefficient (Wildman–Crippen LogP) is 0.608. The number of nitrogens with zero attached hydrogens (tertiary/aromatic N) is 1. The summed E-state index contributed by atoms with van der Waals surface area (Å²) in [6.07, 6.45) is 0. The molecule has 0 aliphatic heterocycles. The Morgan fingerprint density at radius 2 is 2.21 bits per heavy atom. The van der Waals surface area contributed by atoms with Gasteiger partial charge in [-0.1, -0.05) is 12.1 Å². The zero-order chi connectivity index (χ0) is 10.6. The van der Waals surface area contributed by atoms with Crippen molar-refractivity contribution in [2.24, 2.45) is 16.5 Å². The number of methoxy groups -OCH3 is 1. The maximum Gasteiger partial charge on any atom is 0.186 e. The first-order valence-corrected chi connectivity index (χ1v) is 4.02. The Morgan fingerprint density at radius 3 is 2.79 bits per heavy atom. The lowest BCUT2D eigenvalue weighted by atomic mass is 10.2. The smallest absolute Gasteiger partial charge is 0.186 e. The van der Waals surface area contributed by atoms with Crippen LogP contribution >= 0.6 is 0 Å². The molecule has 0 radical (unpaired) electrons. The number of aliphatic imine (C=N–C) groups is 1. The van der Waals surface area contributed by atoms with E-state index in [0.717, 1.165) is 0 Å². The largest absolute Gasteiger partial charge is 0.494 e. The number of halogens is 1. The molecule has 0 heterocycles. The van der Waals surface area contributed by atoms with Crippen LogP contribution in [0.15, 0.2) is 23.2 Å². The number of hydrogen-bond acceptors (Lipinski definition) is 2. The fourth-order valence-corrected chi connectivity index (χ4v) is 1.01. The van der Waals surface area contributed by atoms with Crippen LogP contribution in [0, 0.1) is 5.82 Å². The van der Waals surface area contributed by atoms with Crippen LogP contribution in [0.25, 0.3) is 0 Å². The highest BCUT2D eigenvalue weighted by molar-refractivity contribution is 5.75. The normalized spacial score (nSPS) is 9.57. The molecule has 0 aromatic heterocycles. The number of nitrogens with two attached hydrogens (primary N) is 2. The minimum absolute atomic E-state index is 0.0628. The zero-order valence-corrected chi connectivity index (χ0v) is 7.83. The lowest BCUT2D eigenvalue weighted by Crippen LogP contribution is -2.22. The van der Waals surface area contributed by atoms with Crippen molar-refractivity contribution < 1.29 is 9.13 Å².